The maximum absolute atomic E-state index is 12.8. The van der Waals surface area contributed by atoms with Crippen molar-refractivity contribution < 1.29 is 4.79 Å². The Morgan fingerprint density at radius 1 is 1.12 bits per heavy atom. The summed E-state index contributed by atoms with van der Waals surface area (Å²) in [5, 5.41) is 12.0. The Bertz CT molecular complexity index is 1000. The van der Waals surface area contributed by atoms with Crippen molar-refractivity contribution in [1.29, 1.82) is 0 Å². The minimum Gasteiger partial charge on any atom is -0.298 e. The van der Waals surface area contributed by atoms with Crippen molar-refractivity contribution >= 4 is 33.7 Å². The summed E-state index contributed by atoms with van der Waals surface area (Å²) in [7, 11) is 0. The van der Waals surface area contributed by atoms with E-state index in [1.165, 1.54) is 11.3 Å². The Hall–Kier alpha value is -2.77. The average Bonchev–Trinajstić information content (AvgIpc) is 3.35. The molecular formula is C18H14N4OS2. The van der Waals surface area contributed by atoms with Crippen molar-refractivity contribution in [2.75, 3.05) is 5.32 Å². The number of carbonyl (C=O) groups excluding carboxylic acids is 1. The highest BCUT2D eigenvalue weighted by Gasteiger charge is 2.20. The van der Waals surface area contributed by atoms with Gasteiger partial charge in [0.1, 0.15) is 5.69 Å². The molecule has 0 atom stereocenters. The number of thiazole rings is 1. The third-order valence-electron chi connectivity index (χ3n) is 3.57. The van der Waals surface area contributed by atoms with E-state index in [1.807, 2.05) is 60.1 Å². The topological polar surface area (TPSA) is 59.8 Å². The van der Waals surface area contributed by atoms with E-state index < -0.39 is 0 Å². The fourth-order valence-corrected chi connectivity index (χ4v) is 3.83. The number of nitrogens with one attached hydrogen (secondary N) is 1. The fraction of sp³-hybridized carbons (Fsp3) is 0.0556. The monoisotopic (exact) mass is 366 g/mol. The highest BCUT2D eigenvalue weighted by Crippen LogP contribution is 2.28. The standard InChI is InChI=1S/C18H14N4OS2/c1-12-11-25-18(19-12)20-17(23)14-10-22(13-6-3-2-4-7-13)21-16(14)15-8-5-9-24-15/h2-11H,1H3,(H,19,20,23). The molecule has 25 heavy (non-hydrogen) atoms. The van der Waals surface area contributed by atoms with Gasteiger partial charge in [-0.3, -0.25) is 10.1 Å². The van der Waals surface area contributed by atoms with Crippen molar-refractivity contribution in [3.63, 3.8) is 0 Å². The summed E-state index contributed by atoms with van der Waals surface area (Å²) in [5.74, 6) is -0.208. The van der Waals surface area contributed by atoms with Crippen LogP contribution in [0.25, 0.3) is 16.3 Å². The molecule has 1 N–H and O–H groups in total. The molecule has 0 aliphatic carbocycles. The minimum absolute atomic E-state index is 0.208. The number of nitrogens with zero attached hydrogens (tertiary/aromatic N) is 3. The average molecular weight is 366 g/mol. The number of aryl methyl sites for hydroxylation is 1. The minimum atomic E-state index is -0.208. The van der Waals surface area contributed by atoms with Crippen LogP contribution in [0.3, 0.4) is 0 Å². The van der Waals surface area contributed by atoms with Crippen LogP contribution >= 0.6 is 22.7 Å². The maximum atomic E-state index is 12.8. The zero-order valence-electron chi connectivity index (χ0n) is 13.3. The normalized spacial score (nSPS) is 10.8. The summed E-state index contributed by atoms with van der Waals surface area (Å²) in [4.78, 5) is 18.0. The lowest BCUT2D eigenvalue weighted by Crippen LogP contribution is -2.12. The molecular weight excluding hydrogens is 352 g/mol. The van der Waals surface area contributed by atoms with Gasteiger partial charge in [-0.2, -0.15) is 5.10 Å². The number of carbonyl (C=O) groups is 1. The number of thiophene rings is 1. The molecule has 5 nitrogen and oxygen atoms in total. The van der Waals surface area contributed by atoms with Crippen LogP contribution in [0.15, 0.2) is 59.4 Å². The van der Waals surface area contributed by atoms with E-state index >= 15 is 0 Å². The third-order valence-corrected chi connectivity index (χ3v) is 5.33. The number of amides is 1. The summed E-state index contributed by atoms with van der Waals surface area (Å²) >= 11 is 2.97. The van der Waals surface area contributed by atoms with Crippen LogP contribution in [0.5, 0.6) is 0 Å². The molecule has 0 saturated heterocycles. The van der Waals surface area contributed by atoms with E-state index in [4.69, 9.17) is 0 Å². The highest BCUT2D eigenvalue weighted by atomic mass is 32.1. The lowest BCUT2D eigenvalue weighted by Gasteiger charge is -2.00. The zero-order valence-corrected chi connectivity index (χ0v) is 15.0. The summed E-state index contributed by atoms with van der Waals surface area (Å²) < 4.78 is 1.73. The number of anilines is 1. The molecule has 0 aliphatic rings. The van der Waals surface area contributed by atoms with Gasteiger partial charge in [-0.1, -0.05) is 24.3 Å². The molecule has 3 aromatic heterocycles. The second-order valence-corrected chi connectivity index (χ2v) is 7.20. The lowest BCUT2D eigenvalue weighted by molar-refractivity contribution is 0.102. The van der Waals surface area contributed by atoms with Gasteiger partial charge in [0.15, 0.2) is 5.13 Å². The first-order valence-electron chi connectivity index (χ1n) is 7.63. The van der Waals surface area contributed by atoms with Crippen molar-refractivity contribution in [2.24, 2.45) is 0 Å². The molecule has 4 aromatic rings. The molecule has 0 spiro atoms. The Labute approximate surface area is 152 Å². The molecule has 1 aromatic carbocycles. The van der Waals surface area contributed by atoms with Gasteiger partial charge in [0.2, 0.25) is 0 Å². The SMILES string of the molecule is Cc1csc(NC(=O)c2cn(-c3ccccc3)nc2-c2cccs2)n1. The Morgan fingerprint density at radius 3 is 2.64 bits per heavy atom. The third kappa shape index (κ3) is 3.24. The van der Waals surface area contributed by atoms with Crippen LogP contribution in [0.2, 0.25) is 0 Å². The van der Waals surface area contributed by atoms with Crippen LogP contribution in [0.1, 0.15) is 16.1 Å². The molecule has 124 valence electrons. The molecule has 4 rings (SSSR count). The van der Waals surface area contributed by atoms with Crippen LogP contribution < -0.4 is 5.32 Å². The molecule has 0 aliphatic heterocycles. The zero-order chi connectivity index (χ0) is 17.2. The predicted octanol–water partition coefficient (Wildman–Crippen LogP) is 4.62. The van der Waals surface area contributed by atoms with Crippen molar-refractivity contribution in [3.8, 4) is 16.3 Å². The molecule has 0 unspecified atom stereocenters. The molecule has 0 fully saturated rings. The number of hydrogen-bond acceptors (Lipinski definition) is 5. The number of benzene rings is 1. The van der Waals surface area contributed by atoms with Gasteiger partial charge >= 0.3 is 0 Å². The van der Waals surface area contributed by atoms with E-state index in [1.54, 1.807) is 22.2 Å². The van der Waals surface area contributed by atoms with Crippen molar-refractivity contribution in [3.05, 3.63) is 70.7 Å². The number of aromatic nitrogens is 3. The largest absolute Gasteiger partial charge is 0.298 e. The van der Waals surface area contributed by atoms with E-state index in [0.29, 0.717) is 16.4 Å². The van der Waals surface area contributed by atoms with Crippen LogP contribution in [-0.4, -0.2) is 20.7 Å². The van der Waals surface area contributed by atoms with Crippen LogP contribution in [0, 0.1) is 6.92 Å². The maximum Gasteiger partial charge on any atom is 0.261 e. The van der Waals surface area contributed by atoms with Gasteiger partial charge in [-0.15, -0.1) is 22.7 Å². The first-order valence-corrected chi connectivity index (χ1v) is 9.39. The summed E-state index contributed by atoms with van der Waals surface area (Å²) in [6, 6.07) is 13.7. The van der Waals surface area contributed by atoms with Gasteiger partial charge in [-0.05, 0) is 30.5 Å². The lowest BCUT2D eigenvalue weighted by atomic mass is 10.2. The second-order valence-electron chi connectivity index (χ2n) is 5.40. The summed E-state index contributed by atoms with van der Waals surface area (Å²) in [6.07, 6.45) is 1.76. The molecule has 3 heterocycles. The van der Waals surface area contributed by atoms with E-state index in [9.17, 15) is 4.79 Å². The Kier molecular flexibility index (Phi) is 4.17. The van der Waals surface area contributed by atoms with E-state index in [-0.39, 0.29) is 5.91 Å². The highest BCUT2D eigenvalue weighted by molar-refractivity contribution is 7.14. The molecule has 0 radical (unpaired) electrons. The summed E-state index contributed by atoms with van der Waals surface area (Å²) in [6.45, 7) is 1.90. The smallest absolute Gasteiger partial charge is 0.261 e. The van der Waals surface area contributed by atoms with Gasteiger partial charge < -0.3 is 0 Å². The number of rotatable bonds is 4. The second kappa shape index (κ2) is 6.62. The molecule has 0 bridgehead atoms. The van der Waals surface area contributed by atoms with E-state index in [0.717, 1.165) is 16.3 Å². The molecule has 0 saturated carbocycles. The predicted molar refractivity (Wildman–Crippen MR) is 102 cm³/mol. The van der Waals surface area contributed by atoms with Crippen LogP contribution in [0.4, 0.5) is 5.13 Å². The first-order chi connectivity index (χ1) is 12.2. The van der Waals surface area contributed by atoms with Gasteiger partial charge in [0.25, 0.3) is 5.91 Å². The summed E-state index contributed by atoms with van der Waals surface area (Å²) in [5.41, 5.74) is 2.99. The van der Waals surface area contributed by atoms with Crippen LogP contribution in [-0.2, 0) is 0 Å². The van der Waals surface area contributed by atoms with E-state index in [2.05, 4.69) is 15.4 Å². The Balaban J connectivity index is 1.74. The molecule has 7 heteroatoms. The number of hydrogen-bond donors (Lipinski definition) is 1. The van der Waals surface area contributed by atoms with Gasteiger partial charge in [-0.25, -0.2) is 9.67 Å². The van der Waals surface area contributed by atoms with Crippen molar-refractivity contribution in [1.82, 2.24) is 14.8 Å². The quantitative estimate of drug-likeness (QED) is 0.573. The molecule has 1 amide bonds. The Morgan fingerprint density at radius 2 is 1.96 bits per heavy atom. The van der Waals surface area contributed by atoms with Crippen molar-refractivity contribution in [2.45, 2.75) is 6.92 Å². The number of para-hydroxylation sites is 1. The van der Waals surface area contributed by atoms with Gasteiger partial charge in [0.05, 0.1) is 21.8 Å². The fourth-order valence-electron chi connectivity index (χ4n) is 2.42. The van der Waals surface area contributed by atoms with Gasteiger partial charge in [0, 0.05) is 11.6 Å². The first kappa shape index (κ1) is 15.7.